The molecule has 0 radical (unpaired) electrons. The van der Waals surface area contributed by atoms with Gasteiger partial charge in [-0.15, -0.1) is 0 Å². The van der Waals surface area contributed by atoms with E-state index < -0.39 is 17.4 Å². The molecule has 2 aromatic rings. The van der Waals surface area contributed by atoms with Crippen LogP contribution in [0.5, 0.6) is 5.75 Å². The Morgan fingerprint density at radius 3 is 2.35 bits per heavy atom. The van der Waals surface area contributed by atoms with Gasteiger partial charge < -0.3 is 18.9 Å². The second-order valence-corrected chi connectivity index (χ2v) is 9.18. The van der Waals surface area contributed by atoms with Crippen molar-refractivity contribution in [2.45, 2.75) is 64.7 Å². The van der Waals surface area contributed by atoms with Gasteiger partial charge in [-0.2, -0.15) is 0 Å². The van der Waals surface area contributed by atoms with Gasteiger partial charge in [0.05, 0.1) is 12.6 Å². The Morgan fingerprint density at radius 1 is 1.13 bits per heavy atom. The fourth-order valence-corrected chi connectivity index (χ4v) is 3.73. The molecule has 2 atom stereocenters. The van der Waals surface area contributed by atoms with E-state index in [-0.39, 0.29) is 12.1 Å². The van der Waals surface area contributed by atoms with E-state index in [2.05, 4.69) is 0 Å². The lowest BCUT2D eigenvalue weighted by Gasteiger charge is -2.37. The first-order chi connectivity index (χ1) is 14.6. The summed E-state index contributed by atoms with van der Waals surface area (Å²) in [6.07, 6.45) is -0.776. The van der Waals surface area contributed by atoms with E-state index in [4.69, 9.17) is 18.9 Å². The number of nitrogens with zero attached hydrogens (tertiary/aromatic N) is 1. The first kappa shape index (κ1) is 23.1. The highest BCUT2D eigenvalue weighted by Crippen LogP contribution is 2.37. The Morgan fingerprint density at radius 2 is 1.77 bits per heavy atom. The Hall–Kier alpha value is -2.57. The van der Waals surface area contributed by atoms with Gasteiger partial charge in [0.2, 0.25) is 0 Å². The molecule has 1 aliphatic rings. The van der Waals surface area contributed by atoms with Crippen molar-refractivity contribution in [1.82, 2.24) is 4.90 Å². The lowest BCUT2D eigenvalue weighted by atomic mass is 10.0. The van der Waals surface area contributed by atoms with Crippen LogP contribution in [0.15, 0.2) is 54.6 Å². The molecule has 31 heavy (non-hydrogen) atoms. The van der Waals surface area contributed by atoms with Gasteiger partial charge in [-0.05, 0) is 57.9 Å². The molecule has 3 rings (SSSR count). The van der Waals surface area contributed by atoms with Crippen LogP contribution in [-0.4, -0.2) is 42.1 Å². The number of hydrogen-bond acceptors (Lipinski definition) is 5. The molecule has 1 aliphatic heterocycles. The zero-order valence-corrected chi connectivity index (χ0v) is 19.3. The van der Waals surface area contributed by atoms with Gasteiger partial charge in [-0.25, -0.2) is 4.79 Å². The summed E-state index contributed by atoms with van der Waals surface area (Å²) in [5.74, 6) is 0.773. The summed E-state index contributed by atoms with van der Waals surface area (Å²) in [7, 11) is 1.64. The average Bonchev–Trinajstić information content (AvgIpc) is 3.02. The summed E-state index contributed by atoms with van der Waals surface area (Å²) < 4.78 is 23.3. The third-order valence-electron chi connectivity index (χ3n) is 5.17. The number of methoxy groups -OCH3 is 1. The van der Waals surface area contributed by atoms with E-state index in [9.17, 15) is 4.79 Å². The average molecular weight is 428 g/mol. The third-order valence-corrected chi connectivity index (χ3v) is 5.17. The van der Waals surface area contributed by atoms with Crippen LogP contribution in [0.2, 0.25) is 0 Å². The van der Waals surface area contributed by atoms with Crippen molar-refractivity contribution in [3.05, 3.63) is 65.7 Å². The van der Waals surface area contributed by atoms with Crippen LogP contribution < -0.4 is 4.74 Å². The summed E-state index contributed by atoms with van der Waals surface area (Å²) in [5.41, 5.74) is 0.664. The molecule has 6 nitrogen and oxygen atoms in total. The highest BCUT2D eigenvalue weighted by Gasteiger charge is 2.49. The largest absolute Gasteiger partial charge is 0.489 e. The summed E-state index contributed by atoms with van der Waals surface area (Å²) in [6, 6.07) is 17.5. The lowest BCUT2D eigenvalue weighted by Crippen LogP contribution is -2.51. The molecule has 168 valence electrons. The molecule has 1 amide bonds. The minimum atomic E-state index is -0.789. The van der Waals surface area contributed by atoms with Crippen LogP contribution in [0, 0.1) is 0 Å². The molecule has 6 heteroatoms. The first-order valence-corrected chi connectivity index (χ1v) is 10.6. The number of amides is 1. The number of hydrogen-bond donors (Lipinski definition) is 0. The molecule has 0 spiro atoms. The highest BCUT2D eigenvalue weighted by atomic mass is 16.6. The molecule has 1 saturated heterocycles. The van der Waals surface area contributed by atoms with E-state index in [1.54, 1.807) is 12.0 Å². The zero-order valence-electron chi connectivity index (χ0n) is 19.3. The second kappa shape index (κ2) is 9.28. The summed E-state index contributed by atoms with van der Waals surface area (Å²) >= 11 is 0. The molecule has 0 bridgehead atoms. The monoisotopic (exact) mass is 427 g/mol. The van der Waals surface area contributed by atoms with E-state index >= 15 is 0 Å². The fraction of sp³-hybridized carbons (Fsp3) is 0.480. The smallest absolute Gasteiger partial charge is 0.413 e. The van der Waals surface area contributed by atoms with Crippen molar-refractivity contribution < 1.29 is 23.7 Å². The van der Waals surface area contributed by atoms with E-state index in [0.29, 0.717) is 13.2 Å². The van der Waals surface area contributed by atoms with Crippen molar-refractivity contribution in [2.24, 2.45) is 0 Å². The number of carbonyl (C=O) groups excluding carboxylic acids is 1. The van der Waals surface area contributed by atoms with Gasteiger partial charge in [0, 0.05) is 7.11 Å². The maximum absolute atomic E-state index is 13.0. The highest BCUT2D eigenvalue weighted by molar-refractivity contribution is 5.70. The van der Waals surface area contributed by atoms with E-state index in [0.717, 1.165) is 16.9 Å². The van der Waals surface area contributed by atoms with Gasteiger partial charge in [-0.1, -0.05) is 42.5 Å². The molecule has 0 saturated carbocycles. The SMILES string of the molecule is CO[C@H](c1ccc(OCc2ccccc2)cc1)[C@H]1COC(C)(C)N1C(=O)OC(C)(C)C. The molecule has 0 unspecified atom stereocenters. The Balaban J connectivity index is 1.74. The Bertz CT molecular complexity index is 858. The van der Waals surface area contributed by atoms with Crippen molar-refractivity contribution in [3.63, 3.8) is 0 Å². The predicted octanol–water partition coefficient (Wildman–Crippen LogP) is 5.33. The van der Waals surface area contributed by atoms with Crippen LogP contribution >= 0.6 is 0 Å². The molecule has 0 aromatic heterocycles. The summed E-state index contributed by atoms with van der Waals surface area (Å²) in [4.78, 5) is 14.6. The molecular weight excluding hydrogens is 394 g/mol. The molecular formula is C25H33NO5. The van der Waals surface area contributed by atoms with Crippen molar-refractivity contribution in [1.29, 1.82) is 0 Å². The summed E-state index contributed by atoms with van der Waals surface area (Å²) in [6.45, 7) is 10.2. The predicted molar refractivity (Wildman–Crippen MR) is 119 cm³/mol. The van der Waals surface area contributed by atoms with E-state index in [1.807, 2.05) is 89.2 Å². The van der Waals surface area contributed by atoms with Gasteiger partial charge in [-0.3, -0.25) is 4.90 Å². The van der Waals surface area contributed by atoms with Crippen LogP contribution in [0.4, 0.5) is 4.79 Å². The summed E-state index contributed by atoms with van der Waals surface area (Å²) in [5, 5.41) is 0. The molecule has 0 N–H and O–H groups in total. The van der Waals surface area contributed by atoms with Gasteiger partial charge in [0.15, 0.2) is 0 Å². The van der Waals surface area contributed by atoms with Crippen LogP contribution in [0.1, 0.15) is 51.8 Å². The minimum absolute atomic E-state index is 0.314. The molecule has 0 aliphatic carbocycles. The van der Waals surface area contributed by atoms with Gasteiger partial charge in [0.1, 0.15) is 29.8 Å². The second-order valence-electron chi connectivity index (χ2n) is 9.18. The lowest BCUT2D eigenvalue weighted by molar-refractivity contribution is -0.0700. The van der Waals surface area contributed by atoms with Crippen LogP contribution in [0.25, 0.3) is 0 Å². The first-order valence-electron chi connectivity index (χ1n) is 10.6. The maximum Gasteiger partial charge on any atom is 0.413 e. The van der Waals surface area contributed by atoms with Crippen molar-refractivity contribution in [3.8, 4) is 5.75 Å². The number of rotatable bonds is 6. The fourth-order valence-electron chi connectivity index (χ4n) is 3.73. The standard InChI is InChI=1S/C25H33NO5/c1-24(2,3)31-23(27)26-21(17-30-25(26,4)5)22(28-6)19-12-14-20(15-13-19)29-16-18-10-8-7-9-11-18/h7-15,21-22H,16-17H2,1-6H3/t21-,22-/m1/s1. The number of ether oxygens (including phenoxy) is 4. The molecule has 1 heterocycles. The molecule has 2 aromatic carbocycles. The quantitative estimate of drug-likeness (QED) is 0.624. The van der Waals surface area contributed by atoms with Gasteiger partial charge in [0.25, 0.3) is 0 Å². The third kappa shape index (κ3) is 5.77. The zero-order chi connectivity index (χ0) is 22.6. The number of benzene rings is 2. The van der Waals surface area contributed by atoms with Crippen LogP contribution in [0.3, 0.4) is 0 Å². The van der Waals surface area contributed by atoms with Crippen molar-refractivity contribution >= 4 is 6.09 Å². The molecule has 1 fully saturated rings. The van der Waals surface area contributed by atoms with Crippen molar-refractivity contribution in [2.75, 3.05) is 13.7 Å². The maximum atomic E-state index is 13.0. The topological polar surface area (TPSA) is 57.2 Å². The Labute approximate surface area is 185 Å². The van der Waals surface area contributed by atoms with Crippen LogP contribution in [-0.2, 0) is 20.8 Å². The number of carbonyl (C=O) groups is 1. The van der Waals surface area contributed by atoms with E-state index in [1.165, 1.54) is 0 Å². The normalized spacial score (nSPS) is 19.2. The Kier molecular flexibility index (Phi) is 6.92. The van der Waals surface area contributed by atoms with Gasteiger partial charge >= 0.3 is 6.09 Å². The minimum Gasteiger partial charge on any atom is -0.489 e.